The van der Waals surface area contributed by atoms with E-state index in [1.807, 2.05) is 18.7 Å². The number of benzene rings is 1. The van der Waals surface area contributed by atoms with E-state index in [2.05, 4.69) is 55.1 Å². The Morgan fingerprint density at radius 2 is 2.26 bits per heavy atom. The maximum atomic E-state index is 4.04. The highest BCUT2D eigenvalue weighted by Gasteiger charge is 2.29. The highest BCUT2D eigenvalue weighted by atomic mass is 79.9. The van der Waals surface area contributed by atoms with Gasteiger partial charge in [-0.2, -0.15) is 0 Å². The molecule has 1 aliphatic rings. The molecule has 100 valence electrons. The third-order valence-electron chi connectivity index (χ3n) is 3.82. The predicted octanol–water partition coefficient (Wildman–Crippen LogP) is 3.18. The summed E-state index contributed by atoms with van der Waals surface area (Å²) in [4.78, 5) is 4.04. The van der Waals surface area contributed by atoms with Crippen molar-refractivity contribution in [3.05, 3.63) is 53.0 Å². The van der Waals surface area contributed by atoms with Crippen molar-refractivity contribution in [1.29, 1.82) is 0 Å². The molecule has 1 aromatic heterocycles. The highest BCUT2D eigenvalue weighted by molar-refractivity contribution is 9.10. The number of nitrogens with one attached hydrogen (secondary N) is 1. The lowest BCUT2D eigenvalue weighted by Gasteiger charge is -2.36. The fourth-order valence-corrected chi connectivity index (χ4v) is 3.05. The molecule has 19 heavy (non-hydrogen) atoms. The summed E-state index contributed by atoms with van der Waals surface area (Å²) in [7, 11) is 0. The quantitative estimate of drug-likeness (QED) is 0.917. The van der Waals surface area contributed by atoms with Gasteiger partial charge in [0.15, 0.2) is 0 Å². The SMILES string of the molecule is Brc1cccc(C2CC(NCCn3ccnc3)C2)c1. The summed E-state index contributed by atoms with van der Waals surface area (Å²) in [6.45, 7) is 2.02. The van der Waals surface area contributed by atoms with Crippen LogP contribution in [0.1, 0.15) is 24.3 Å². The molecule has 0 atom stereocenters. The molecule has 2 aromatic rings. The van der Waals surface area contributed by atoms with Gasteiger partial charge >= 0.3 is 0 Å². The van der Waals surface area contributed by atoms with Gasteiger partial charge in [-0.05, 0) is 36.5 Å². The zero-order chi connectivity index (χ0) is 13.1. The van der Waals surface area contributed by atoms with Crippen molar-refractivity contribution in [2.75, 3.05) is 6.54 Å². The van der Waals surface area contributed by atoms with E-state index in [-0.39, 0.29) is 0 Å². The smallest absolute Gasteiger partial charge is 0.0946 e. The van der Waals surface area contributed by atoms with Crippen LogP contribution in [-0.2, 0) is 6.54 Å². The van der Waals surface area contributed by atoms with Gasteiger partial charge in [0.1, 0.15) is 0 Å². The van der Waals surface area contributed by atoms with Crippen molar-refractivity contribution in [1.82, 2.24) is 14.9 Å². The average Bonchev–Trinajstić information content (AvgIpc) is 2.85. The normalized spacial score (nSPS) is 22.2. The van der Waals surface area contributed by atoms with Gasteiger partial charge in [0.05, 0.1) is 6.33 Å². The van der Waals surface area contributed by atoms with Crippen LogP contribution >= 0.6 is 15.9 Å². The highest BCUT2D eigenvalue weighted by Crippen LogP contribution is 2.37. The topological polar surface area (TPSA) is 29.9 Å². The third kappa shape index (κ3) is 3.25. The molecule has 3 rings (SSSR count). The maximum absolute atomic E-state index is 4.04. The minimum Gasteiger partial charge on any atom is -0.336 e. The van der Waals surface area contributed by atoms with Crippen LogP contribution in [0.25, 0.3) is 0 Å². The lowest BCUT2D eigenvalue weighted by atomic mass is 9.76. The van der Waals surface area contributed by atoms with Crippen LogP contribution in [0.3, 0.4) is 0 Å². The Morgan fingerprint density at radius 3 is 3.00 bits per heavy atom. The van der Waals surface area contributed by atoms with E-state index < -0.39 is 0 Å². The summed E-state index contributed by atoms with van der Waals surface area (Å²) in [5.74, 6) is 0.725. The van der Waals surface area contributed by atoms with Gasteiger partial charge in [-0.1, -0.05) is 28.1 Å². The van der Waals surface area contributed by atoms with E-state index in [1.54, 1.807) is 0 Å². The third-order valence-corrected chi connectivity index (χ3v) is 4.31. The fourth-order valence-electron chi connectivity index (χ4n) is 2.63. The molecule has 1 saturated carbocycles. The first-order valence-electron chi connectivity index (χ1n) is 6.76. The summed E-state index contributed by atoms with van der Waals surface area (Å²) >= 11 is 3.54. The Morgan fingerprint density at radius 1 is 1.37 bits per heavy atom. The van der Waals surface area contributed by atoms with E-state index in [4.69, 9.17) is 0 Å². The molecular formula is C15H18BrN3. The number of halogens is 1. The molecule has 1 heterocycles. The Balaban J connectivity index is 1.41. The monoisotopic (exact) mass is 319 g/mol. The summed E-state index contributed by atoms with van der Waals surface area (Å²) in [6, 6.07) is 9.36. The van der Waals surface area contributed by atoms with Crippen LogP contribution in [-0.4, -0.2) is 22.1 Å². The molecule has 3 nitrogen and oxygen atoms in total. The average molecular weight is 320 g/mol. The summed E-state index contributed by atoms with van der Waals surface area (Å²) in [5.41, 5.74) is 1.46. The largest absolute Gasteiger partial charge is 0.336 e. The minimum absolute atomic E-state index is 0.674. The molecule has 0 amide bonds. The maximum Gasteiger partial charge on any atom is 0.0946 e. The number of nitrogens with zero attached hydrogens (tertiary/aromatic N) is 2. The van der Waals surface area contributed by atoms with Crippen LogP contribution < -0.4 is 5.32 Å². The van der Waals surface area contributed by atoms with Crippen molar-refractivity contribution < 1.29 is 0 Å². The van der Waals surface area contributed by atoms with Crippen LogP contribution in [0.5, 0.6) is 0 Å². The van der Waals surface area contributed by atoms with Crippen molar-refractivity contribution in [3.63, 3.8) is 0 Å². The van der Waals surface area contributed by atoms with Crippen molar-refractivity contribution in [2.24, 2.45) is 0 Å². The molecule has 0 unspecified atom stereocenters. The van der Waals surface area contributed by atoms with Gasteiger partial charge in [-0.15, -0.1) is 0 Å². The van der Waals surface area contributed by atoms with Crippen LogP contribution in [0, 0.1) is 0 Å². The lowest BCUT2D eigenvalue weighted by Crippen LogP contribution is -2.41. The molecule has 1 aliphatic carbocycles. The van der Waals surface area contributed by atoms with Crippen LogP contribution in [0.2, 0.25) is 0 Å². The Kier molecular flexibility index (Phi) is 3.99. The Bertz CT molecular complexity index is 518. The first-order valence-corrected chi connectivity index (χ1v) is 7.55. The van der Waals surface area contributed by atoms with E-state index in [0.717, 1.165) is 19.0 Å². The van der Waals surface area contributed by atoms with Gasteiger partial charge in [-0.3, -0.25) is 0 Å². The van der Waals surface area contributed by atoms with E-state index in [0.29, 0.717) is 6.04 Å². The first kappa shape index (κ1) is 12.9. The lowest BCUT2D eigenvalue weighted by molar-refractivity contribution is 0.288. The zero-order valence-electron chi connectivity index (χ0n) is 10.8. The van der Waals surface area contributed by atoms with Crippen molar-refractivity contribution in [2.45, 2.75) is 31.3 Å². The summed E-state index contributed by atoms with van der Waals surface area (Å²) in [5, 5.41) is 3.61. The number of rotatable bonds is 5. The number of hydrogen-bond acceptors (Lipinski definition) is 2. The molecule has 4 heteroatoms. The number of imidazole rings is 1. The second-order valence-corrected chi connectivity index (χ2v) is 6.09. The minimum atomic E-state index is 0.674. The van der Waals surface area contributed by atoms with E-state index in [1.165, 1.54) is 22.9 Å². The number of aromatic nitrogens is 2. The van der Waals surface area contributed by atoms with E-state index >= 15 is 0 Å². The molecule has 1 aromatic carbocycles. The molecule has 0 aliphatic heterocycles. The van der Waals surface area contributed by atoms with Crippen LogP contribution in [0.4, 0.5) is 0 Å². The first-order chi connectivity index (χ1) is 9.31. The molecule has 0 spiro atoms. The zero-order valence-corrected chi connectivity index (χ0v) is 12.4. The van der Waals surface area contributed by atoms with E-state index in [9.17, 15) is 0 Å². The van der Waals surface area contributed by atoms with Gasteiger partial charge in [0.25, 0.3) is 0 Å². The van der Waals surface area contributed by atoms with Crippen molar-refractivity contribution >= 4 is 15.9 Å². The Labute approximate surface area is 122 Å². The molecule has 0 bridgehead atoms. The predicted molar refractivity (Wildman–Crippen MR) is 80.1 cm³/mol. The fraction of sp³-hybridized carbons (Fsp3) is 0.400. The standard InChI is InChI=1S/C15H18BrN3/c16-14-3-1-2-12(8-14)13-9-15(10-13)18-5-7-19-6-4-17-11-19/h1-4,6,8,11,13,15,18H,5,7,9-10H2. The number of hydrogen-bond donors (Lipinski definition) is 1. The summed E-state index contributed by atoms with van der Waals surface area (Å²) < 4.78 is 3.29. The van der Waals surface area contributed by atoms with Crippen molar-refractivity contribution in [3.8, 4) is 0 Å². The molecule has 1 N–H and O–H groups in total. The van der Waals surface area contributed by atoms with Crippen LogP contribution in [0.15, 0.2) is 47.5 Å². The van der Waals surface area contributed by atoms with Gasteiger partial charge < -0.3 is 9.88 Å². The van der Waals surface area contributed by atoms with Gasteiger partial charge in [-0.25, -0.2) is 4.98 Å². The summed E-state index contributed by atoms with van der Waals surface area (Å²) in [6.07, 6.45) is 8.20. The Hall–Kier alpha value is -1.13. The second-order valence-electron chi connectivity index (χ2n) is 5.17. The molecule has 1 fully saturated rings. The molecule has 0 saturated heterocycles. The van der Waals surface area contributed by atoms with Gasteiger partial charge in [0.2, 0.25) is 0 Å². The second kappa shape index (κ2) is 5.88. The molecule has 0 radical (unpaired) electrons. The molecular weight excluding hydrogens is 302 g/mol. The van der Waals surface area contributed by atoms with Gasteiger partial charge in [0, 0.05) is 36.0 Å².